The summed E-state index contributed by atoms with van der Waals surface area (Å²) in [7, 11) is 0. The number of anilines is 1. The molecule has 2 aliphatic rings. The van der Waals surface area contributed by atoms with Gasteiger partial charge in [-0.1, -0.05) is 0 Å². The summed E-state index contributed by atoms with van der Waals surface area (Å²) < 4.78 is 1.74. The largest absolute Gasteiger partial charge is 0.362 e. The molecular formula is C14H21N3O. The highest BCUT2D eigenvalue weighted by molar-refractivity contribution is 5.34. The molecule has 1 aromatic heterocycles. The number of nitrogens with one attached hydrogen (secondary N) is 1. The van der Waals surface area contributed by atoms with E-state index in [1.165, 1.54) is 25.7 Å². The fourth-order valence-electron chi connectivity index (χ4n) is 2.62. The van der Waals surface area contributed by atoms with E-state index in [0.717, 1.165) is 11.8 Å². The first kappa shape index (κ1) is 11.8. The fraction of sp³-hybridized carbons (Fsp3) is 0.714. The van der Waals surface area contributed by atoms with Gasteiger partial charge in [-0.2, -0.15) is 0 Å². The van der Waals surface area contributed by atoms with Crippen LogP contribution in [0.4, 0.5) is 5.82 Å². The topological polar surface area (TPSA) is 46.9 Å². The zero-order valence-electron chi connectivity index (χ0n) is 11.1. The average Bonchev–Trinajstić information content (AvgIpc) is 3.20. The van der Waals surface area contributed by atoms with E-state index in [4.69, 9.17) is 0 Å². The van der Waals surface area contributed by atoms with Crippen molar-refractivity contribution in [3.8, 4) is 0 Å². The van der Waals surface area contributed by atoms with Crippen LogP contribution in [0, 0.1) is 11.8 Å². The molecule has 3 rings (SSSR count). The van der Waals surface area contributed by atoms with Gasteiger partial charge in [-0.15, -0.1) is 0 Å². The Morgan fingerprint density at radius 2 is 1.89 bits per heavy atom. The summed E-state index contributed by atoms with van der Waals surface area (Å²) in [6, 6.07) is 0.662. The van der Waals surface area contributed by atoms with Crippen molar-refractivity contribution < 1.29 is 0 Å². The molecule has 2 saturated carbocycles. The van der Waals surface area contributed by atoms with Crippen LogP contribution in [0.3, 0.4) is 0 Å². The van der Waals surface area contributed by atoms with Crippen molar-refractivity contribution in [3.05, 3.63) is 22.7 Å². The van der Waals surface area contributed by atoms with Gasteiger partial charge in [0.25, 0.3) is 5.56 Å². The van der Waals surface area contributed by atoms with Crippen LogP contribution in [-0.4, -0.2) is 15.6 Å². The van der Waals surface area contributed by atoms with Gasteiger partial charge in [0.05, 0.1) is 0 Å². The minimum Gasteiger partial charge on any atom is -0.362 e. The first-order valence-electron chi connectivity index (χ1n) is 7.00. The van der Waals surface area contributed by atoms with Crippen molar-refractivity contribution in [2.24, 2.45) is 11.8 Å². The lowest BCUT2D eigenvalue weighted by atomic mass is 10.1. The molecule has 18 heavy (non-hydrogen) atoms. The molecule has 4 heteroatoms. The van der Waals surface area contributed by atoms with Gasteiger partial charge >= 0.3 is 0 Å². The van der Waals surface area contributed by atoms with Gasteiger partial charge in [0.1, 0.15) is 0 Å². The van der Waals surface area contributed by atoms with Gasteiger partial charge in [-0.05, 0) is 51.4 Å². The third-order valence-electron chi connectivity index (χ3n) is 3.99. The van der Waals surface area contributed by atoms with Gasteiger partial charge < -0.3 is 9.88 Å². The minimum atomic E-state index is 0.0128. The maximum atomic E-state index is 12.3. The fourth-order valence-corrected chi connectivity index (χ4v) is 2.62. The predicted molar refractivity (Wildman–Crippen MR) is 71.7 cm³/mol. The maximum absolute atomic E-state index is 12.3. The lowest BCUT2D eigenvalue weighted by molar-refractivity contribution is 0.551. The van der Waals surface area contributed by atoms with E-state index in [9.17, 15) is 4.79 Å². The van der Waals surface area contributed by atoms with Crippen LogP contribution >= 0.6 is 0 Å². The number of aromatic nitrogens is 2. The molecule has 0 aromatic carbocycles. The SMILES string of the molecule is CC(C)n1ccnc(NC(C2CC2)C2CC2)c1=O. The summed E-state index contributed by atoms with van der Waals surface area (Å²) in [6.45, 7) is 4.04. The van der Waals surface area contributed by atoms with E-state index in [0.29, 0.717) is 11.9 Å². The zero-order chi connectivity index (χ0) is 12.7. The third kappa shape index (κ3) is 2.28. The molecule has 0 amide bonds. The molecule has 0 aliphatic heterocycles. The van der Waals surface area contributed by atoms with Crippen molar-refractivity contribution >= 4 is 5.82 Å². The van der Waals surface area contributed by atoms with E-state index < -0.39 is 0 Å². The molecule has 0 spiro atoms. The molecule has 0 saturated heterocycles. The molecule has 0 radical (unpaired) electrons. The molecule has 0 unspecified atom stereocenters. The highest BCUT2D eigenvalue weighted by Crippen LogP contribution is 2.45. The Hall–Kier alpha value is -1.32. The third-order valence-corrected chi connectivity index (χ3v) is 3.99. The molecule has 0 bridgehead atoms. The van der Waals surface area contributed by atoms with E-state index in [2.05, 4.69) is 10.3 Å². The molecule has 1 heterocycles. The second-order valence-electron chi connectivity index (χ2n) is 5.93. The first-order valence-corrected chi connectivity index (χ1v) is 7.00. The van der Waals surface area contributed by atoms with Crippen LogP contribution in [0.1, 0.15) is 45.6 Å². The molecule has 98 valence electrons. The second kappa shape index (κ2) is 4.41. The summed E-state index contributed by atoms with van der Waals surface area (Å²) in [6.07, 6.45) is 8.71. The second-order valence-corrected chi connectivity index (χ2v) is 5.93. The lowest BCUT2D eigenvalue weighted by Gasteiger charge is -2.19. The van der Waals surface area contributed by atoms with Crippen LogP contribution in [0.5, 0.6) is 0 Å². The first-order chi connectivity index (χ1) is 8.66. The van der Waals surface area contributed by atoms with E-state index in [1.54, 1.807) is 17.0 Å². The molecular weight excluding hydrogens is 226 g/mol. The molecule has 1 aromatic rings. The van der Waals surface area contributed by atoms with Crippen molar-refractivity contribution in [2.45, 2.75) is 51.6 Å². The van der Waals surface area contributed by atoms with Crippen molar-refractivity contribution in [1.82, 2.24) is 9.55 Å². The quantitative estimate of drug-likeness (QED) is 0.869. The van der Waals surface area contributed by atoms with E-state index in [1.807, 2.05) is 13.8 Å². The summed E-state index contributed by atoms with van der Waals surface area (Å²) in [5.41, 5.74) is 0.0128. The van der Waals surface area contributed by atoms with Crippen LogP contribution in [0.15, 0.2) is 17.2 Å². The van der Waals surface area contributed by atoms with E-state index >= 15 is 0 Å². The molecule has 2 aliphatic carbocycles. The van der Waals surface area contributed by atoms with Gasteiger partial charge in [0.15, 0.2) is 5.82 Å². The van der Waals surface area contributed by atoms with Crippen LogP contribution < -0.4 is 10.9 Å². The Kier molecular flexibility index (Phi) is 2.88. The minimum absolute atomic E-state index is 0.0128. The highest BCUT2D eigenvalue weighted by atomic mass is 16.1. The Morgan fingerprint density at radius 3 is 2.39 bits per heavy atom. The predicted octanol–water partition coefficient (Wildman–Crippen LogP) is 2.42. The average molecular weight is 247 g/mol. The van der Waals surface area contributed by atoms with Gasteiger partial charge in [0, 0.05) is 24.5 Å². The van der Waals surface area contributed by atoms with Gasteiger partial charge in [-0.3, -0.25) is 4.79 Å². The highest BCUT2D eigenvalue weighted by Gasteiger charge is 2.41. The number of rotatable bonds is 5. The summed E-state index contributed by atoms with van der Waals surface area (Å²) in [5, 5.41) is 3.42. The summed E-state index contributed by atoms with van der Waals surface area (Å²) >= 11 is 0. The maximum Gasteiger partial charge on any atom is 0.293 e. The standard InChI is InChI=1S/C14H21N3O/c1-9(2)17-8-7-15-13(14(17)18)16-12(10-3-4-10)11-5-6-11/h7-12H,3-6H2,1-2H3,(H,15,16). The zero-order valence-corrected chi connectivity index (χ0v) is 11.1. The van der Waals surface area contributed by atoms with Gasteiger partial charge in [-0.25, -0.2) is 4.98 Å². The van der Waals surface area contributed by atoms with Crippen LogP contribution in [0.25, 0.3) is 0 Å². The molecule has 2 fully saturated rings. The Morgan fingerprint density at radius 1 is 1.28 bits per heavy atom. The van der Waals surface area contributed by atoms with Crippen molar-refractivity contribution in [1.29, 1.82) is 0 Å². The summed E-state index contributed by atoms with van der Waals surface area (Å²) in [4.78, 5) is 16.5. The molecule has 0 atom stereocenters. The van der Waals surface area contributed by atoms with E-state index in [-0.39, 0.29) is 11.6 Å². The Balaban J connectivity index is 1.83. The Bertz CT molecular complexity index is 474. The van der Waals surface area contributed by atoms with Crippen molar-refractivity contribution in [2.75, 3.05) is 5.32 Å². The monoisotopic (exact) mass is 247 g/mol. The van der Waals surface area contributed by atoms with Gasteiger partial charge in [0.2, 0.25) is 0 Å². The smallest absolute Gasteiger partial charge is 0.293 e. The number of hydrogen-bond donors (Lipinski definition) is 1. The molecule has 1 N–H and O–H groups in total. The van der Waals surface area contributed by atoms with Crippen LogP contribution in [-0.2, 0) is 0 Å². The lowest BCUT2D eigenvalue weighted by Crippen LogP contribution is -2.32. The number of hydrogen-bond acceptors (Lipinski definition) is 3. The summed E-state index contributed by atoms with van der Waals surface area (Å²) in [5.74, 6) is 2.08. The molecule has 4 nitrogen and oxygen atoms in total. The Labute approximate surface area is 107 Å². The number of nitrogens with zero attached hydrogens (tertiary/aromatic N) is 2. The van der Waals surface area contributed by atoms with Crippen LogP contribution in [0.2, 0.25) is 0 Å². The normalized spacial score (nSPS) is 19.6. The van der Waals surface area contributed by atoms with Crippen molar-refractivity contribution in [3.63, 3.8) is 0 Å².